The summed E-state index contributed by atoms with van der Waals surface area (Å²) in [5.74, 6) is -0.864. The minimum Gasteiger partial charge on any atom is -0.294 e. The van der Waals surface area contributed by atoms with Crippen molar-refractivity contribution in [2.75, 3.05) is 0 Å². The number of halogens is 3. The van der Waals surface area contributed by atoms with Crippen molar-refractivity contribution in [2.24, 2.45) is 0 Å². The quantitative estimate of drug-likeness (QED) is 0.709. The number of benzene rings is 2. The van der Waals surface area contributed by atoms with Gasteiger partial charge in [0.1, 0.15) is 5.82 Å². The maximum Gasteiger partial charge on any atom is 0.162 e. The van der Waals surface area contributed by atoms with Gasteiger partial charge in [0.2, 0.25) is 0 Å². The molecule has 0 fully saturated rings. The van der Waals surface area contributed by atoms with Crippen LogP contribution in [0.1, 0.15) is 17.3 Å². The summed E-state index contributed by atoms with van der Waals surface area (Å²) in [6.45, 7) is 1.32. The van der Waals surface area contributed by atoms with Crippen LogP contribution in [0.25, 0.3) is 11.1 Å². The first kappa shape index (κ1) is 13.1. The van der Waals surface area contributed by atoms with Crippen molar-refractivity contribution in [2.45, 2.75) is 6.92 Å². The van der Waals surface area contributed by atoms with Gasteiger partial charge in [0, 0.05) is 5.56 Å². The zero-order valence-electron chi connectivity index (χ0n) is 9.51. The van der Waals surface area contributed by atoms with Crippen molar-refractivity contribution in [3.05, 3.63) is 57.8 Å². The normalized spacial score (nSPS) is 10.4. The molecule has 0 aromatic heterocycles. The number of hydrogen-bond donors (Lipinski definition) is 0. The van der Waals surface area contributed by atoms with Gasteiger partial charge in [-0.15, -0.1) is 0 Å². The van der Waals surface area contributed by atoms with Crippen molar-refractivity contribution in [3.63, 3.8) is 0 Å². The van der Waals surface area contributed by atoms with Crippen molar-refractivity contribution < 1.29 is 9.18 Å². The van der Waals surface area contributed by atoms with Crippen molar-refractivity contribution in [1.82, 2.24) is 0 Å². The molecule has 92 valence electrons. The molecule has 0 bridgehead atoms. The number of hydrogen-bond acceptors (Lipinski definition) is 1. The molecule has 0 radical (unpaired) electrons. The van der Waals surface area contributed by atoms with E-state index in [1.807, 2.05) is 0 Å². The highest BCUT2D eigenvalue weighted by atomic mass is 35.5. The second-order valence-electron chi connectivity index (χ2n) is 3.85. The number of carbonyl (C=O) groups excluding carboxylic acids is 1. The molecule has 0 saturated heterocycles. The van der Waals surface area contributed by atoms with Gasteiger partial charge in [0.05, 0.1) is 15.6 Å². The van der Waals surface area contributed by atoms with E-state index in [4.69, 9.17) is 23.2 Å². The second kappa shape index (κ2) is 5.09. The van der Waals surface area contributed by atoms with E-state index in [1.54, 1.807) is 24.3 Å². The van der Waals surface area contributed by atoms with Crippen LogP contribution < -0.4 is 0 Å². The minimum atomic E-state index is -0.538. The van der Waals surface area contributed by atoms with E-state index in [-0.39, 0.29) is 11.3 Å². The SMILES string of the molecule is CC(=O)c1cc(-c2cccc(Cl)c2Cl)ccc1F. The predicted molar refractivity (Wildman–Crippen MR) is 71.9 cm³/mol. The van der Waals surface area contributed by atoms with E-state index in [1.165, 1.54) is 19.1 Å². The van der Waals surface area contributed by atoms with Crippen molar-refractivity contribution >= 4 is 29.0 Å². The average molecular weight is 283 g/mol. The number of rotatable bonds is 2. The van der Waals surface area contributed by atoms with Crippen LogP contribution in [0.4, 0.5) is 4.39 Å². The summed E-state index contributed by atoms with van der Waals surface area (Å²) < 4.78 is 13.4. The largest absolute Gasteiger partial charge is 0.294 e. The summed E-state index contributed by atoms with van der Waals surface area (Å²) in [4.78, 5) is 11.3. The maximum atomic E-state index is 13.4. The van der Waals surface area contributed by atoms with Crippen LogP contribution in [0.15, 0.2) is 36.4 Å². The predicted octanol–water partition coefficient (Wildman–Crippen LogP) is 5.00. The third kappa shape index (κ3) is 2.40. The Bertz CT molecular complexity index is 623. The zero-order chi connectivity index (χ0) is 13.3. The number of ketones is 1. The van der Waals surface area contributed by atoms with Crippen LogP contribution in [-0.4, -0.2) is 5.78 Å². The van der Waals surface area contributed by atoms with Crippen LogP contribution in [0.5, 0.6) is 0 Å². The topological polar surface area (TPSA) is 17.1 Å². The lowest BCUT2D eigenvalue weighted by Gasteiger charge is -2.08. The van der Waals surface area contributed by atoms with Crippen LogP contribution >= 0.6 is 23.2 Å². The molecule has 0 aliphatic rings. The fraction of sp³-hybridized carbons (Fsp3) is 0.0714. The second-order valence-corrected chi connectivity index (χ2v) is 4.64. The van der Waals surface area contributed by atoms with Gasteiger partial charge < -0.3 is 0 Å². The molecule has 0 aliphatic carbocycles. The standard InChI is InChI=1S/C14H9Cl2FO/c1-8(18)11-7-9(5-6-13(11)17)10-3-2-4-12(15)14(10)16/h2-7H,1H3. The van der Waals surface area contributed by atoms with Crippen LogP contribution in [0.3, 0.4) is 0 Å². The van der Waals surface area contributed by atoms with E-state index in [0.29, 0.717) is 21.2 Å². The van der Waals surface area contributed by atoms with Gasteiger partial charge in [0.25, 0.3) is 0 Å². The molecule has 0 aliphatic heterocycles. The lowest BCUT2D eigenvalue weighted by molar-refractivity contribution is 0.101. The first-order chi connectivity index (χ1) is 8.50. The molecular weight excluding hydrogens is 274 g/mol. The summed E-state index contributed by atoms with van der Waals surface area (Å²) in [5, 5.41) is 0.808. The van der Waals surface area contributed by atoms with Crippen molar-refractivity contribution in [1.29, 1.82) is 0 Å². The highest BCUT2D eigenvalue weighted by molar-refractivity contribution is 6.43. The van der Waals surface area contributed by atoms with Gasteiger partial charge >= 0.3 is 0 Å². The molecule has 0 amide bonds. The fourth-order valence-corrected chi connectivity index (χ4v) is 2.10. The molecule has 0 unspecified atom stereocenters. The van der Waals surface area contributed by atoms with Gasteiger partial charge in [0.15, 0.2) is 5.78 Å². The lowest BCUT2D eigenvalue weighted by Crippen LogP contribution is -1.97. The average Bonchev–Trinajstić information content (AvgIpc) is 2.33. The Morgan fingerprint density at radius 2 is 1.89 bits per heavy atom. The first-order valence-electron chi connectivity index (χ1n) is 5.25. The molecule has 18 heavy (non-hydrogen) atoms. The third-order valence-electron chi connectivity index (χ3n) is 2.61. The Hall–Kier alpha value is -1.38. The van der Waals surface area contributed by atoms with Gasteiger partial charge in [-0.05, 0) is 30.7 Å². The van der Waals surface area contributed by atoms with Gasteiger partial charge in [-0.25, -0.2) is 4.39 Å². The third-order valence-corrected chi connectivity index (χ3v) is 3.43. The van der Waals surface area contributed by atoms with Crippen molar-refractivity contribution in [3.8, 4) is 11.1 Å². The zero-order valence-corrected chi connectivity index (χ0v) is 11.0. The molecule has 0 heterocycles. The molecule has 0 N–H and O–H groups in total. The molecule has 2 aromatic rings. The molecule has 0 atom stereocenters. The van der Waals surface area contributed by atoms with Crippen LogP contribution in [0.2, 0.25) is 10.0 Å². The Labute approximate surface area is 114 Å². The summed E-state index contributed by atoms with van der Waals surface area (Å²) in [6.07, 6.45) is 0. The molecule has 0 spiro atoms. The molecule has 0 saturated carbocycles. The number of carbonyl (C=O) groups is 1. The Balaban J connectivity index is 2.62. The van der Waals surface area contributed by atoms with E-state index < -0.39 is 5.82 Å². The van der Waals surface area contributed by atoms with Crippen LogP contribution in [0, 0.1) is 5.82 Å². The molecular formula is C14H9Cl2FO. The van der Waals surface area contributed by atoms with E-state index in [0.717, 1.165) is 0 Å². The highest BCUT2D eigenvalue weighted by Crippen LogP contribution is 2.34. The fourth-order valence-electron chi connectivity index (χ4n) is 1.69. The smallest absolute Gasteiger partial charge is 0.162 e. The van der Waals surface area contributed by atoms with Gasteiger partial charge in [-0.2, -0.15) is 0 Å². The van der Waals surface area contributed by atoms with Gasteiger partial charge in [-0.1, -0.05) is 41.4 Å². The monoisotopic (exact) mass is 282 g/mol. The summed E-state index contributed by atoms with van der Waals surface area (Å²) in [7, 11) is 0. The highest BCUT2D eigenvalue weighted by Gasteiger charge is 2.12. The molecule has 2 rings (SSSR count). The molecule has 4 heteroatoms. The lowest BCUT2D eigenvalue weighted by atomic mass is 10.0. The Morgan fingerprint density at radius 1 is 1.17 bits per heavy atom. The van der Waals surface area contributed by atoms with E-state index in [2.05, 4.69) is 0 Å². The summed E-state index contributed by atoms with van der Waals surface area (Å²) in [5.41, 5.74) is 1.38. The Kier molecular flexibility index (Phi) is 3.69. The molecule has 2 aromatic carbocycles. The molecule has 1 nitrogen and oxygen atoms in total. The summed E-state index contributed by atoms with van der Waals surface area (Å²) in [6, 6.07) is 9.49. The van der Waals surface area contributed by atoms with Gasteiger partial charge in [-0.3, -0.25) is 4.79 Å². The van der Waals surface area contributed by atoms with Crippen LogP contribution in [-0.2, 0) is 0 Å². The minimum absolute atomic E-state index is 0.0449. The number of Topliss-reactive ketones (excluding diaryl/α,β-unsaturated/α-hetero) is 1. The summed E-state index contributed by atoms with van der Waals surface area (Å²) >= 11 is 12.0. The van der Waals surface area contributed by atoms with E-state index in [9.17, 15) is 9.18 Å². The first-order valence-corrected chi connectivity index (χ1v) is 6.01. The maximum absolute atomic E-state index is 13.4. The van der Waals surface area contributed by atoms with E-state index >= 15 is 0 Å². The Morgan fingerprint density at radius 3 is 2.56 bits per heavy atom.